The van der Waals surface area contributed by atoms with Crippen LogP contribution in [0.1, 0.15) is 84.9 Å². The minimum Gasteiger partial charge on any atom is -0.812 e. The van der Waals surface area contributed by atoms with Crippen LogP contribution in [0.2, 0.25) is 0 Å². The Hall–Kier alpha value is -12.6. The molecule has 10 aromatic rings. The van der Waals surface area contributed by atoms with Crippen LogP contribution >= 0.6 is 10.7 Å². The maximum atomic E-state index is 12.3. The number of nitriles is 2. The first-order valence-electron chi connectivity index (χ1n) is 30.4. The molecule has 8 N–H and O–H groups in total. The Morgan fingerprint density at radius 2 is 0.769 bits per heavy atom. The topological polar surface area (TPSA) is 353 Å². The number of benzene rings is 10. The van der Waals surface area contributed by atoms with Crippen LogP contribution in [-0.4, -0.2) is 63.2 Å². The van der Waals surface area contributed by atoms with Gasteiger partial charge in [0.1, 0.15) is 11.5 Å². The largest absolute Gasteiger partial charge is 1.00 e. The second kappa shape index (κ2) is 40.0. The Bertz CT molecular complexity index is 4940. The van der Waals surface area contributed by atoms with Crippen molar-refractivity contribution in [3.05, 3.63) is 298 Å². The average Bonchev–Trinajstić information content (AvgIpc) is 1.61. The first kappa shape index (κ1) is 82.1. The smallest absolute Gasteiger partial charge is 0.812 e. The van der Waals surface area contributed by atoms with Crippen LogP contribution in [0.5, 0.6) is 0 Å². The fourth-order valence-electron chi connectivity index (χ4n) is 11.1. The molecule has 0 aliphatic carbocycles. The molecule has 15 rings (SSSR count). The summed E-state index contributed by atoms with van der Waals surface area (Å²) in [5.74, 6) is 1.93. The number of primary amides is 2. The van der Waals surface area contributed by atoms with Gasteiger partial charge in [-0.1, -0.05) is 171 Å². The molecule has 0 unspecified atom stereocenters. The Morgan fingerprint density at radius 3 is 1.22 bits per heavy atom. The van der Waals surface area contributed by atoms with Crippen molar-refractivity contribution in [3.8, 4) is 12.5 Å². The Kier molecular flexibility index (Phi) is 31.6. The Labute approximate surface area is 629 Å². The normalized spacial score (nSPS) is 11.9. The van der Waals surface area contributed by atoms with Gasteiger partial charge in [-0.05, 0) is 120 Å². The molecule has 10 aromatic carbocycles. The van der Waals surface area contributed by atoms with E-state index in [1.54, 1.807) is 44.6 Å². The van der Waals surface area contributed by atoms with Gasteiger partial charge in [-0.15, -0.1) is 0 Å². The van der Waals surface area contributed by atoms with Crippen LogP contribution in [0.15, 0.2) is 247 Å². The molecule has 22 nitrogen and oxygen atoms in total. The van der Waals surface area contributed by atoms with Crippen LogP contribution in [-0.2, 0) is 42.8 Å². The standard InChI is InChI=1S/C16H14N2O2.C15H12N2O2.C15H13NO.2C14H11NO.CClNO3S.2CHNO.2CH4.Na/c1-20-15-10-11-6-2-4-8-13(11)18(16(17)19)14-9-5-3-7-12(14)15;16-15(19)17-12-7-3-1-5-10(12)9-14(18)11-6-2-4-8-13(11)17;1-17-15-10-11-6-2-4-8-13(11)16-14-9-5-3-7-12(14)15;2*16-14-9-10-5-1-3-7-12(10)15-13-8-4-2-6-11(13)14;2-7(5,6)3-1-4;2*2-1-3;;;/h2-10H,1H3,(H2,17,19);1-8H,9H2,(H2,16,19);2-10,16H,1H3;2*1-8,15H,9H2;;2*3H;2*1H4;/q;;;;;;;;;;+1/p-1. The number of Topliss-reactive ketones (excluding diaryl/α,β-unsaturated/α-hetero) is 3. The maximum Gasteiger partial charge on any atom is 1.00 e. The average molecular weight is 1440 g/mol. The minimum absolute atomic E-state index is 0. The number of nitrogens with one attached hydrogen (secondary N) is 3. The monoisotopic (exact) mass is 1440 g/mol. The number of carbonyl (C=O) groups is 5. The molecule has 5 aliphatic heterocycles. The van der Waals surface area contributed by atoms with Crippen molar-refractivity contribution in [2.45, 2.75) is 34.1 Å². The number of hydrogen-bond donors (Lipinski definition) is 6. The maximum absolute atomic E-state index is 12.3. The zero-order valence-corrected chi connectivity index (χ0v) is 58.6. The third kappa shape index (κ3) is 21.2. The molecule has 25 heteroatoms. The van der Waals surface area contributed by atoms with Crippen LogP contribution in [0.25, 0.3) is 23.7 Å². The van der Waals surface area contributed by atoms with Crippen molar-refractivity contribution in [1.29, 1.82) is 10.5 Å². The number of carbonyl (C=O) groups excluding carboxylic acids is 6. The first-order chi connectivity index (χ1) is 48.9. The predicted octanol–water partition coefficient (Wildman–Crippen LogP) is 13.0. The molecule has 0 saturated heterocycles. The van der Waals surface area contributed by atoms with Gasteiger partial charge in [-0.2, -0.15) is 13.7 Å². The Balaban J connectivity index is 0.000000223. The van der Waals surface area contributed by atoms with Gasteiger partial charge in [0.2, 0.25) is 0 Å². The van der Waals surface area contributed by atoms with Gasteiger partial charge in [0, 0.05) is 109 Å². The van der Waals surface area contributed by atoms with Gasteiger partial charge < -0.3 is 47.1 Å². The number of methoxy groups -OCH3 is 2. The summed E-state index contributed by atoms with van der Waals surface area (Å²) in [4.78, 5) is 72.0. The summed E-state index contributed by atoms with van der Waals surface area (Å²) in [7, 11) is 3.70. The first-order valence-corrected chi connectivity index (χ1v) is 32.7. The molecule has 0 aromatic heterocycles. The van der Waals surface area contributed by atoms with Gasteiger partial charge in [0.25, 0.3) is 12.3 Å². The number of amides is 4. The van der Waals surface area contributed by atoms with E-state index in [-0.39, 0.29) is 68.2 Å². The molecule has 0 fully saturated rings. The summed E-state index contributed by atoms with van der Waals surface area (Å²) in [6.07, 6.45) is 7.21. The van der Waals surface area contributed by atoms with E-state index in [2.05, 4.69) is 61.4 Å². The van der Waals surface area contributed by atoms with E-state index in [4.69, 9.17) is 46.5 Å². The van der Waals surface area contributed by atoms with Gasteiger partial charge in [-0.25, -0.2) is 19.6 Å². The van der Waals surface area contributed by atoms with Crippen LogP contribution in [0.4, 0.5) is 66.5 Å². The van der Waals surface area contributed by atoms with Crippen molar-refractivity contribution in [2.24, 2.45) is 15.9 Å². The van der Waals surface area contributed by atoms with Crippen LogP contribution in [0.3, 0.4) is 0 Å². The van der Waals surface area contributed by atoms with E-state index in [0.29, 0.717) is 41.8 Å². The number of ether oxygens (including phenoxy) is 2. The molecule has 0 radical (unpaired) electrons. The number of para-hydroxylation sites is 10. The number of halogens is 1. The summed E-state index contributed by atoms with van der Waals surface area (Å²) < 4.78 is 32.3. The van der Waals surface area contributed by atoms with Crippen molar-refractivity contribution in [1.82, 2.24) is 0 Å². The number of hydrogen-bond acceptors (Lipinski definition) is 17. The number of nitrogens with zero attached hydrogens (tertiary/aromatic N) is 5. The van der Waals surface area contributed by atoms with Crippen molar-refractivity contribution >= 4 is 136 Å². The van der Waals surface area contributed by atoms with Crippen LogP contribution < -0.4 is 71.9 Å². The van der Waals surface area contributed by atoms with Crippen LogP contribution in [0, 0.1) is 23.0 Å². The van der Waals surface area contributed by atoms with E-state index < -0.39 is 21.3 Å². The summed E-state index contributed by atoms with van der Waals surface area (Å²) in [5.41, 5.74) is 28.7. The number of aliphatic hydroxyl groups excluding tert-OH is 1. The second-order valence-corrected chi connectivity index (χ2v) is 23.7. The summed E-state index contributed by atoms with van der Waals surface area (Å²) >= 11 is 0. The fourth-order valence-corrected chi connectivity index (χ4v) is 11.2. The van der Waals surface area contributed by atoms with Gasteiger partial charge >= 0.3 is 50.9 Å². The molecular formula is C79H70ClN10NaO12S. The van der Waals surface area contributed by atoms with E-state index in [0.717, 1.165) is 114 Å². The Morgan fingerprint density at radius 1 is 0.471 bits per heavy atom. The second-order valence-electron chi connectivity index (χ2n) is 21.5. The van der Waals surface area contributed by atoms with Crippen molar-refractivity contribution < 1.29 is 86.4 Å². The van der Waals surface area contributed by atoms with E-state index >= 15 is 0 Å². The number of isocyanates is 1. The van der Waals surface area contributed by atoms with Crippen molar-refractivity contribution in [3.63, 3.8) is 0 Å². The van der Waals surface area contributed by atoms with E-state index in [1.807, 2.05) is 194 Å². The summed E-state index contributed by atoms with van der Waals surface area (Å²) in [6, 6.07) is 75.9. The fraction of sp³-hybridized carbons (Fsp3) is 0.0886. The molecule has 5 aliphatic rings. The number of fused-ring (bicyclic) bond motifs is 10. The molecule has 0 spiro atoms. The third-order valence-corrected chi connectivity index (χ3v) is 15.9. The zero-order chi connectivity index (χ0) is 72.4. The number of urea groups is 2. The number of aliphatic hydroxyl groups is 1. The van der Waals surface area contributed by atoms with Gasteiger partial charge in [0.15, 0.2) is 17.3 Å². The zero-order valence-electron chi connectivity index (χ0n) is 55.0. The predicted molar refractivity (Wildman–Crippen MR) is 401 cm³/mol. The molecule has 0 bridgehead atoms. The molecule has 104 heavy (non-hydrogen) atoms. The molecular weight excluding hydrogens is 1370 g/mol. The third-order valence-electron chi connectivity index (χ3n) is 15.4. The minimum atomic E-state index is -4.00. The number of ketones is 3. The number of rotatable bonds is 3. The van der Waals surface area contributed by atoms with Gasteiger partial charge in [-0.3, -0.25) is 24.2 Å². The van der Waals surface area contributed by atoms with E-state index in [9.17, 15) is 32.4 Å². The number of anilines is 10. The summed E-state index contributed by atoms with van der Waals surface area (Å²) in [5, 5.41) is 38.8. The molecule has 0 atom stereocenters. The molecule has 0 saturated carbocycles. The molecule has 4 amide bonds. The number of nitrogens with two attached hydrogens (primary N) is 2. The SMILES string of the molecule is C.C.COC1=Cc2ccccc2N(C(N)=O)c2ccccc21.COC1=Cc2ccccc2Nc2ccccc21.N#CO.N#C[O-].NC(=O)N1c2ccccc2CC(=O)c2ccccc21.O=C1Cc2ccccc2Nc2ccccc21.O=C1Cc2ccccc2Nc2ccccc21.O=C=NS(=O)(=O)Cl.[Na+]. The molecule has 5 heterocycles. The van der Waals surface area contributed by atoms with E-state index in [1.165, 1.54) is 9.80 Å². The van der Waals surface area contributed by atoms with Gasteiger partial charge in [0.05, 0.1) is 37.0 Å². The van der Waals surface area contributed by atoms with Crippen molar-refractivity contribution in [2.75, 3.05) is 40.0 Å². The molecule has 522 valence electrons. The quantitative estimate of drug-likeness (QED) is 0.0315. The summed E-state index contributed by atoms with van der Waals surface area (Å²) in [6.45, 7) is 0.